The van der Waals surface area contributed by atoms with Gasteiger partial charge in [0.1, 0.15) is 0 Å². The van der Waals surface area contributed by atoms with Crippen molar-refractivity contribution in [2.75, 3.05) is 6.26 Å². The van der Waals surface area contributed by atoms with E-state index < -0.39 is 28.5 Å². The first-order chi connectivity index (χ1) is 6.79. The summed E-state index contributed by atoms with van der Waals surface area (Å²) in [6.45, 7) is 1.75. The van der Waals surface area contributed by atoms with Crippen LogP contribution in [-0.4, -0.2) is 29.3 Å². The summed E-state index contributed by atoms with van der Waals surface area (Å²) in [5.41, 5.74) is 6.26. The van der Waals surface area contributed by atoms with E-state index in [9.17, 15) is 12.8 Å². The summed E-state index contributed by atoms with van der Waals surface area (Å²) in [7, 11) is -3.08. The van der Waals surface area contributed by atoms with Crippen LogP contribution in [0, 0.1) is 5.82 Å². The Morgan fingerprint density at radius 3 is 2.47 bits per heavy atom. The molecule has 0 aliphatic heterocycles. The van der Waals surface area contributed by atoms with Crippen molar-refractivity contribution in [1.29, 1.82) is 0 Å². The number of nitrogens with two attached hydrogens (primary N) is 1. The van der Waals surface area contributed by atoms with Gasteiger partial charge in [-0.1, -0.05) is 0 Å². The molecule has 0 amide bonds. The van der Waals surface area contributed by atoms with Crippen molar-refractivity contribution in [3.63, 3.8) is 0 Å². The molecule has 15 heavy (non-hydrogen) atoms. The van der Waals surface area contributed by atoms with Crippen molar-refractivity contribution in [3.05, 3.63) is 29.6 Å². The molecule has 0 aromatic heterocycles. The zero-order valence-electron chi connectivity index (χ0n) is 8.49. The van der Waals surface area contributed by atoms with Crippen LogP contribution in [0.1, 0.15) is 18.5 Å². The summed E-state index contributed by atoms with van der Waals surface area (Å²) in [4.78, 5) is 0. The normalized spacial score (nSPS) is 14.7. The maximum atomic E-state index is 13.5. The molecule has 0 saturated heterocycles. The molecule has 0 heterocycles. The summed E-state index contributed by atoms with van der Waals surface area (Å²) in [6.07, 6.45) is 1.13. The minimum atomic E-state index is -3.08. The fourth-order valence-electron chi connectivity index (χ4n) is 1.10. The second-order valence-corrected chi connectivity index (χ2v) is 12.2. The van der Waals surface area contributed by atoms with Crippen LogP contribution < -0.4 is 10.1 Å². The van der Waals surface area contributed by atoms with Gasteiger partial charge in [-0.25, -0.2) is 0 Å². The zero-order chi connectivity index (χ0) is 11.6. The molecule has 0 bridgehead atoms. The van der Waals surface area contributed by atoms with Gasteiger partial charge >= 0.3 is 94.4 Å². The molecule has 6 heteroatoms. The molecule has 0 radical (unpaired) electrons. The predicted octanol–water partition coefficient (Wildman–Crippen LogP) is -0.133. The van der Waals surface area contributed by atoms with Gasteiger partial charge in [-0.05, 0) is 0 Å². The third-order valence-electron chi connectivity index (χ3n) is 1.81. The third-order valence-corrected chi connectivity index (χ3v) is 6.97. The van der Waals surface area contributed by atoms with Gasteiger partial charge in [0.15, 0.2) is 0 Å². The Kier molecular flexibility index (Phi) is 3.92. The van der Waals surface area contributed by atoms with Gasteiger partial charge in [0, 0.05) is 0 Å². The minimum absolute atomic E-state index is 0.244. The van der Waals surface area contributed by atoms with E-state index in [-0.39, 0.29) is 6.04 Å². The van der Waals surface area contributed by atoms with E-state index in [2.05, 4.69) is 0 Å². The van der Waals surface area contributed by atoms with E-state index in [4.69, 9.17) is 5.73 Å². The molecule has 2 atom stereocenters. The van der Waals surface area contributed by atoms with Gasteiger partial charge in [0.25, 0.3) is 0 Å². The standard InChI is InChI=1S/C9H13AsFNO2S/c1-6(12)7-3-4-8(9(11)5-7)10-15(2,13)14/h3-6,10H,12H2,1-2H3/t6-/m1/s1. The Bertz CT molecular complexity index is 459. The van der Waals surface area contributed by atoms with Crippen LogP contribution in [0.25, 0.3) is 0 Å². The van der Waals surface area contributed by atoms with E-state index in [1.807, 2.05) is 0 Å². The Hall–Kier alpha value is -0.382. The van der Waals surface area contributed by atoms with Gasteiger partial charge in [0.2, 0.25) is 0 Å². The van der Waals surface area contributed by atoms with E-state index in [1.165, 1.54) is 12.1 Å². The first kappa shape index (κ1) is 12.7. The van der Waals surface area contributed by atoms with Crippen molar-refractivity contribution in [2.45, 2.75) is 13.0 Å². The Morgan fingerprint density at radius 2 is 2.07 bits per heavy atom. The van der Waals surface area contributed by atoms with Gasteiger partial charge < -0.3 is 0 Å². The van der Waals surface area contributed by atoms with E-state index in [1.54, 1.807) is 13.0 Å². The van der Waals surface area contributed by atoms with Crippen molar-refractivity contribution in [3.8, 4) is 0 Å². The molecule has 3 nitrogen and oxygen atoms in total. The SMILES string of the molecule is C[C@@H](N)c1ccc([AsH]S(C)(=O)=O)c(F)c1. The first-order valence-corrected chi connectivity index (χ1v) is 9.83. The summed E-state index contributed by atoms with van der Waals surface area (Å²) >= 11 is -1.46. The fourth-order valence-corrected chi connectivity index (χ4v) is 5.54. The number of benzene rings is 1. The van der Waals surface area contributed by atoms with Crippen LogP contribution >= 0.6 is 0 Å². The summed E-state index contributed by atoms with van der Waals surface area (Å²) < 4.78 is 35.8. The second kappa shape index (κ2) is 4.64. The molecule has 1 aromatic carbocycles. The summed E-state index contributed by atoms with van der Waals surface area (Å²) in [6, 6.07) is 4.27. The molecular weight excluding hydrogens is 280 g/mol. The van der Waals surface area contributed by atoms with Crippen LogP contribution in [-0.2, 0) is 8.10 Å². The molecule has 2 N–H and O–H groups in total. The number of hydrogen-bond donors (Lipinski definition) is 1. The predicted molar refractivity (Wildman–Crippen MR) is 60.6 cm³/mol. The van der Waals surface area contributed by atoms with Crippen molar-refractivity contribution >= 4 is 27.0 Å². The quantitative estimate of drug-likeness (QED) is 0.790. The van der Waals surface area contributed by atoms with Crippen molar-refractivity contribution < 1.29 is 12.8 Å². The molecule has 1 rings (SSSR count). The van der Waals surface area contributed by atoms with Crippen LogP contribution in [0.5, 0.6) is 0 Å². The van der Waals surface area contributed by atoms with E-state index in [0.29, 0.717) is 9.91 Å². The molecule has 0 spiro atoms. The first-order valence-electron chi connectivity index (χ1n) is 4.32. The third kappa shape index (κ3) is 3.93. The maximum absolute atomic E-state index is 13.5. The van der Waals surface area contributed by atoms with Crippen LogP contribution in [0.3, 0.4) is 0 Å². The van der Waals surface area contributed by atoms with E-state index >= 15 is 0 Å². The zero-order valence-corrected chi connectivity index (χ0v) is 11.4. The van der Waals surface area contributed by atoms with Crippen molar-refractivity contribution in [1.82, 2.24) is 0 Å². The molecule has 1 unspecified atom stereocenters. The molecular formula is C9H13AsFNO2S. The van der Waals surface area contributed by atoms with Gasteiger partial charge in [-0.15, -0.1) is 0 Å². The van der Waals surface area contributed by atoms with Gasteiger partial charge in [0.05, 0.1) is 0 Å². The molecule has 0 fully saturated rings. The second-order valence-electron chi connectivity index (χ2n) is 3.40. The topological polar surface area (TPSA) is 60.2 Å². The average Bonchev–Trinajstić information content (AvgIpc) is 2.05. The molecule has 1 aromatic rings. The van der Waals surface area contributed by atoms with Crippen LogP contribution in [0.4, 0.5) is 4.39 Å². The van der Waals surface area contributed by atoms with Crippen molar-refractivity contribution in [2.24, 2.45) is 5.73 Å². The summed E-state index contributed by atoms with van der Waals surface area (Å²) in [5, 5.41) is 0. The molecule has 0 saturated carbocycles. The molecule has 84 valence electrons. The Balaban J connectivity index is 3.04. The number of hydrogen-bond acceptors (Lipinski definition) is 3. The monoisotopic (exact) mass is 293 g/mol. The number of halogens is 1. The number of rotatable bonds is 3. The van der Waals surface area contributed by atoms with Crippen LogP contribution in [0.2, 0.25) is 0 Å². The molecule has 0 aliphatic rings. The van der Waals surface area contributed by atoms with E-state index in [0.717, 1.165) is 6.26 Å². The van der Waals surface area contributed by atoms with Crippen LogP contribution in [0.15, 0.2) is 18.2 Å². The fraction of sp³-hybridized carbons (Fsp3) is 0.333. The molecule has 0 aliphatic carbocycles. The van der Waals surface area contributed by atoms with Gasteiger partial charge in [-0.2, -0.15) is 0 Å². The Labute approximate surface area is 94.5 Å². The Morgan fingerprint density at radius 1 is 1.47 bits per heavy atom. The summed E-state index contributed by atoms with van der Waals surface area (Å²) in [5.74, 6) is -0.463. The van der Waals surface area contributed by atoms with Gasteiger partial charge in [-0.3, -0.25) is 0 Å². The average molecular weight is 293 g/mol.